The molecule has 0 aromatic heterocycles. The zero-order valence-corrected chi connectivity index (χ0v) is 9.43. The van der Waals surface area contributed by atoms with Crippen LogP contribution in [-0.2, 0) is 8.85 Å². The second-order valence-corrected chi connectivity index (χ2v) is 7.16. The highest BCUT2D eigenvalue weighted by Gasteiger charge is 2.46. The lowest BCUT2D eigenvalue weighted by molar-refractivity contribution is 0.181. The van der Waals surface area contributed by atoms with Crippen molar-refractivity contribution in [2.75, 3.05) is 13.2 Å². The van der Waals surface area contributed by atoms with Gasteiger partial charge in [0, 0.05) is 13.2 Å². The minimum absolute atomic E-state index is 0.692. The summed E-state index contributed by atoms with van der Waals surface area (Å²) in [5.74, 6) is 0. The van der Waals surface area contributed by atoms with E-state index in [-0.39, 0.29) is 0 Å². The van der Waals surface area contributed by atoms with E-state index in [9.17, 15) is 0 Å². The Morgan fingerprint density at radius 1 is 1.25 bits per heavy atom. The fourth-order valence-corrected chi connectivity index (χ4v) is 5.83. The van der Waals surface area contributed by atoms with Crippen molar-refractivity contribution in [2.24, 2.45) is 0 Å². The Kier molecular flexibility index (Phi) is 3.74. The normalized spacial score (nSPS) is 27.8. The Bertz CT molecular complexity index is 132. The average molecular weight is 188 g/mol. The van der Waals surface area contributed by atoms with Crippen molar-refractivity contribution in [1.82, 2.24) is 0 Å². The van der Waals surface area contributed by atoms with Gasteiger partial charge in [-0.25, -0.2) is 0 Å². The highest BCUT2D eigenvalue weighted by molar-refractivity contribution is 6.69. The van der Waals surface area contributed by atoms with E-state index in [2.05, 4.69) is 20.8 Å². The van der Waals surface area contributed by atoms with Crippen molar-refractivity contribution >= 4 is 8.56 Å². The van der Waals surface area contributed by atoms with E-state index in [1.54, 1.807) is 0 Å². The van der Waals surface area contributed by atoms with Crippen LogP contribution in [0.25, 0.3) is 0 Å². The van der Waals surface area contributed by atoms with Crippen LogP contribution >= 0.6 is 0 Å². The molecule has 1 saturated heterocycles. The van der Waals surface area contributed by atoms with E-state index >= 15 is 0 Å². The minimum Gasteiger partial charge on any atom is -0.394 e. The molecule has 0 spiro atoms. The summed E-state index contributed by atoms with van der Waals surface area (Å²) in [6, 6.07) is 1.20. The Labute approximate surface area is 76.5 Å². The van der Waals surface area contributed by atoms with Gasteiger partial charge in [0.25, 0.3) is 0 Å². The van der Waals surface area contributed by atoms with E-state index in [1.165, 1.54) is 18.9 Å². The molecule has 0 radical (unpaired) electrons. The summed E-state index contributed by atoms with van der Waals surface area (Å²) in [5.41, 5.74) is 0.692. The molecule has 0 aromatic carbocycles. The average Bonchev–Trinajstić information content (AvgIpc) is 2.35. The molecule has 1 atom stereocenters. The summed E-state index contributed by atoms with van der Waals surface area (Å²) in [6.45, 7) is 8.05. The third-order valence-electron chi connectivity index (χ3n) is 2.69. The Hall–Kier alpha value is 0.137. The summed E-state index contributed by atoms with van der Waals surface area (Å²) in [4.78, 5) is 0. The molecule has 1 rings (SSSR count). The molecule has 72 valence electrons. The lowest BCUT2D eigenvalue weighted by Gasteiger charge is -2.29. The lowest BCUT2D eigenvalue weighted by Crippen LogP contribution is -2.42. The predicted molar refractivity (Wildman–Crippen MR) is 52.5 cm³/mol. The molecular weight excluding hydrogens is 168 g/mol. The Morgan fingerprint density at radius 2 is 1.83 bits per heavy atom. The molecule has 12 heavy (non-hydrogen) atoms. The highest BCUT2D eigenvalue weighted by atomic mass is 28.4. The molecule has 0 bridgehead atoms. The molecule has 1 aliphatic rings. The van der Waals surface area contributed by atoms with E-state index < -0.39 is 8.56 Å². The minimum atomic E-state index is -1.74. The lowest BCUT2D eigenvalue weighted by atomic mass is 10.3. The van der Waals surface area contributed by atoms with Crippen molar-refractivity contribution in [2.45, 2.75) is 45.2 Å². The third-order valence-corrected chi connectivity index (χ3v) is 7.09. The van der Waals surface area contributed by atoms with E-state index in [0.717, 1.165) is 13.2 Å². The zero-order chi connectivity index (χ0) is 9.03. The smallest absolute Gasteiger partial charge is 0.341 e. The third kappa shape index (κ3) is 1.89. The van der Waals surface area contributed by atoms with E-state index in [0.29, 0.717) is 5.54 Å². The number of rotatable bonds is 4. The van der Waals surface area contributed by atoms with Crippen LogP contribution in [0.2, 0.25) is 11.6 Å². The molecule has 0 amide bonds. The Balaban J connectivity index is 2.57. The van der Waals surface area contributed by atoms with Crippen LogP contribution < -0.4 is 0 Å². The summed E-state index contributed by atoms with van der Waals surface area (Å²) in [6.07, 6.45) is 2.60. The monoisotopic (exact) mass is 188 g/mol. The van der Waals surface area contributed by atoms with Crippen molar-refractivity contribution in [3.8, 4) is 0 Å². The molecule has 0 saturated carbocycles. The van der Waals surface area contributed by atoms with Gasteiger partial charge in [-0.1, -0.05) is 13.3 Å². The molecule has 1 unspecified atom stereocenters. The van der Waals surface area contributed by atoms with Crippen LogP contribution in [0.5, 0.6) is 0 Å². The van der Waals surface area contributed by atoms with Crippen LogP contribution in [0, 0.1) is 0 Å². The maximum atomic E-state index is 5.86. The van der Waals surface area contributed by atoms with Crippen molar-refractivity contribution < 1.29 is 8.85 Å². The molecule has 0 aromatic rings. The molecule has 0 aliphatic carbocycles. The SMILES string of the molecule is CCO[Si]1(OCC)CCCC1C. The van der Waals surface area contributed by atoms with Crippen molar-refractivity contribution in [1.29, 1.82) is 0 Å². The first kappa shape index (κ1) is 10.2. The summed E-state index contributed by atoms with van der Waals surface area (Å²) in [7, 11) is -1.74. The second kappa shape index (κ2) is 4.39. The molecule has 1 heterocycles. The van der Waals surface area contributed by atoms with Gasteiger partial charge in [0.1, 0.15) is 0 Å². The molecule has 2 nitrogen and oxygen atoms in total. The zero-order valence-electron chi connectivity index (χ0n) is 8.43. The summed E-state index contributed by atoms with van der Waals surface area (Å²) >= 11 is 0. The van der Waals surface area contributed by atoms with Gasteiger partial charge in [0.2, 0.25) is 0 Å². The first-order valence-electron chi connectivity index (χ1n) is 5.03. The first-order valence-corrected chi connectivity index (χ1v) is 7.13. The van der Waals surface area contributed by atoms with Crippen LogP contribution in [-0.4, -0.2) is 21.8 Å². The van der Waals surface area contributed by atoms with Crippen LogP contribution in [0.4, 0.5) is 0 Å². The fraction of sp³-hybridized carbons (Fsp3) is 1.00. The predicted octanol–water partition coefficient (Wildman–Crippen LogP) is 2.69. The first-order chi connectivity index (χ1) is 5.75. The standard InChI is InChI=1S/C9H20O2Si/c1-4-10-12(11-5-2)8-6-7-9(12)3/h9H,4-8H2,1-3H3. The number of hydrogen-bond donors (Lipinski definition) is 0. The van der Waals surface area contributed by atoms with Crippen molar-refractivity contribution in [3.05, 3.63) is 0 Å². The van der Waals surface area contributed by atoms with Crippen molar-refractivity contribution in [3.63, 3.8) is 0 Å². The molecular formula is C9H20O2Si. The van der Waals surface area contributed by atoms with Gasteiger partial charge < -0.3 is 8.85 Å². The number of hydrogen-bond acceptors (Lipinski definition) is 2. The van der Waals surface area contributed by atoms with Gasteiger partial charge in [0.15, 0.2) is 0 Å². The van der Waals surface area contributed by atoms with Gasteiger partial charge in [0.05, 0.1) is 0 Å². The molecule has 1 aliphatic heterocycles. The summed E-state index contributed by atoms with van der Waals surface area (Å²) in [5, 5.41) is 0. The van der Waals surface area contributed by atoms with E-state index in [1.807, 2.05) is 0 Å². The maximum Gasteiger partial charge on any atom is 0.341 e. The molecule has 1 fully saturated rings. The Morgan fingerprint density at radius 3 is 2.17 bits per heavy atom. The van der Waals surface area contributed by atoms with Gasteiger partial charge >= 0.3 is 8.56 Å². The quantitative estimate of drug-likeness (QED) is 0.632. The second-order valence-electron chi connectivity index (χ2n) is 3.47. The summed E-state index contributed by atoms with van der Waals surface area (Å²) < 4.78 is 11.7. The van der Waals surface area contributed by atoms with Gasteiger partial charge in [-0.05, 0) is 31.9 Å². The van der Waals surface area contributed by atoms with Crippen LogP contribution in [0.1, 0.15) is 33.6 Å². The van der Waals surface area contributed by atoms with Gasteiger partial charge in [-0.3, -0.25) is 0 Å². The molecule has 0 N–H and O–H groups in total. The van der Waals surface area contributed by atoms with E-state index in [4.69, 9.17) is 8.85 Å². The van der Waals surface area contributed by atoms with Gasteiger partial charge in [-0.15, -0.1) is 0 Å². The van der Waals surface area contributed by atoms with Gasteiger partial charge in [-0.2, -0.15) is 0 Å². The van der Waals surface area contributed by atoms with Crippen LogP contribution in [0.15, 0.2) is 0 Å². The largest absolute Gasteiger partial charge is 0.394 e. The fourth-order valence-electron chi connectivity index (χ4n) is 2.08. The maximum absolute atomic E-state index is 5.86. The topological polar surface area (TPSA) is 18.5 Å². The highest BCUT2D eigenvalue weighted by Crippen LogP contribution is 2.40. The molecule has 3 heteroatoms. The van der Waals surface area contributed by atoms with Crippen LogP contribution in [0.3, 0.4) is 0 Å².